The molecule has 31 heavy (non-hydrogen) atoms. The second-order valence-electron chi connectivity index (χ2n) is 8.12. The van der Waals surface area contributed by atoms with Gasteiger partial charge in [-0.1, -0.05) is 0 Å². The molecule has 3 aliphatic rings. The van der Waals surface area contributed by atoms with Gasteiger partial charge in [-0.25, -0.2) is 4.99 Å². The van der Waals surface area contributed by atoms with Gasteiger partial charge in [-0.3, -0.25) is 14.9 Å². The lowest BCUT2D eigenvalue weighted by Gasteiger charge is -2.25. The molecule has 2 saturated heterocycles. The van der Waals surface area contributed by atoms with Crippen LogP contribution in [-0.4, -0.2) is 66.4 Å². The van der Waals surface area contributed by atoms with E-state index in [9.17, 15) is 9.59 Å². The number of carbonyl (C=O) groups is 2. The molecule has 1 aromatic carbocycles. The molecule has 9 nitrogen and oxygen atoms in total. The van der Waals surface area contributed by atoms with E-state index in [4.69, 9.17) is 10.00 Å². The average Bonchev–Trinajstić information content (AvgIpc) is 3.43. The third-order valence-corrected chi connectivity index (χ3v) is 5.95. The molecule has 2 amide bonds. The number of nitrogens with one attached hydrogen (secondary N) is 2. The van der Waals surface area contributed by atoms with Crippen LogP contribution < -0.4 is 15.4 Å². The van der Waals surface area contributed by atoms with Gasteiger partial charge in [0.25, 0.3) is 0 Å². The number of hydrogen-bond acceptors (Lipinski definition) is 5. The molecule has 1 unspecified atom stereocenters. The lowest BCUT2D eigenvalue weighted by atomic mass is 10.1. The number of nitriles is 1. The van der Waals surface area contributed by atoms with Crippen molar-refractivity contribution in [1.29, 1.82) is 5.26 Å². The third-order valence-electron chi connectivity index (χ3n) is 5.95. The van der Waals surface area contributed by atoms with Crippen molar-refractivity contribution in [2.24, 2.45) is 4.99 Å². The molecule has 0 bridgehead atoms. The molecule has 0 radical (unpaired) electrons. The molecule has 2 N–H and O–H groups in total. The smallest absolute Gasteiger partial charge is 0.247 e. The summed E-state index contributed by atoms with van der Waals surface area (Å²) in [4.78, 5) is 33.7. The molecular formula is C22H28N6O3. The van der Waals surface area contributed by atoms with Gasteiger partial charge in [-0.05, 0) is 55.9 Å². The van der Waals surface area contributed by atoms with E-state index < -0.39 is 6.04 Å². The first-order chi connectivity index (χ1) is 15.1. The number of rotatable bonds is 4. The van der Waals surface area contributed by atoms with Gasteiger partial charge in [0.15, 0.2) is 6.19 Å². The van der Waals surface area contributed by atoms with Gasteiger partial charge in [-0.15, -0.1) is 0 Å². The Kier molecular flexibility index (Phi) is 6.55. The number of hydrogen-bond donors (Lipinski definition) is 2. The normalized spacial score (nSPS) is 21.2. The highest BCUT2D eigenvalue weighted by Gasteiger charge is 2.30. The predicted octanol–water partition coefficient (Wildman–Crippen LogP) is 1.46. The van der Waals surface area contributed by atoms with Crippen LogP contribution in [0.5, 0.6) is 5.75 Å². The van der Waals surface area contributed by atoms with E-state index in [1.165, 1.54) is 0 Å². The van der Waals surface area contributed by atoms with Crippen molar-refractivity contribution < 1.29 is 14.3 Å². The van der Waals surface area contributed by atoms with E-state index in [2.05, 4.69) is 15.6 Å². The number of fused-ring (bicyclic) bond motifs is 1. The fourth-order valence-electron chi connectivity index (χ4n) is 4.30. The summed E-state index contributed by atoms with van der Waals surface area (Å²) < 4.78 is 5.53. The van der Waals surface area contributed by atoms with Crippen LogP contribution in [0.3, 0.4) is 0 Å². The zero-order chi connectivity index (χ0) is 21.6. The molecule has 1 aromatic rings. The molecule has 9 heteroatoms. The standard InChI is InChI=1S/C22H28N6O3/c23-15-24-22(25-17-6-7-19-16(13-17)8-12-31-19)26-18-5-1-2-11-28(21(18)30)14-20(29)27-9-3-4-10-27/h6-7,13,18H,1-5,8-12,14H2,(H2,24,25,26). The van der Waals surface area contributed by atoms with E-state index in [-0.39, 0.29) is 24.3 Å². The Bertz CT molecular complexity index is 903. The van der Waals surface area contributed by atoms with Gasteiger partial charge < -0.3 is 19.9 Å². The molecular weight excluding hydrogens is 396 g/mol. The maximum atomic E-state index is 13.1. The summed E-state index contributed by atoms with van der Waals surface area (Å²) in [7, 11) is 0. The number of benzene rings is 1. The summed E-state index contributed by atoms with van der Waals surface area (Å²) in [5.74, 6) is 0.942. The number of amides is 2. The zero-order valence-corrected chi connectivity index (χ0v) is 17.6. The highest BCUT2D eigenvalue weighted by atomic mass is 16.5. The van der Waals surface area contributed by atoms with E-state index in [1.807, 2.05) is 29.3 Å². The second kappa shape index (κ2) is 9.69. The van der Waals surface area contributed by atoms with Crippen molar-refractivity contribution >= 4 is 23.5 Å². The molecule has 3 heterocycles. The number of aliphatic imine (C=N–C) groups is 1. The van der Waals surface area contributed by atoms with Crippen molar-refractivity contribution in [1.82, 2.24) is 15.1 Å². The first-order valence-corrected chi connectivity index (χ1v) is 11.0. The molecule has 2 fully saturated rings. The summed E-state index contributed by atoms with van der Waals surface area (Å²) in [6.07, 6.45) is 7.03. The highest BCUT2D eigenvalue weighted by molar-refractivity contribution is 5.97. The van der Waals surface area contributed by atoms with Crippen molar-refractivity contribution in [3.63, 3.8) is 0 Å². The Balaban J connectivity index is 1.47. The number of likely N-dealkylation sites (tertiary alicyclic amines) is 2. The lowest BCUT2D eigenvalue weighted by molar-refractivity contribution is -0.140. The van der Waals surface area contributed by atoms with Gasteiger partial charge >= 0.3 is 0 Å². The van der Waals surface area contributed by atoms with Crippen LogP contribution in [0.2, 0.25) is 0 Å². The first-order valence-electron chi connectivity index (χ1n) is 11.0. The minimum Gasteiger partial charge on any atom is -0.493 e. The Morgan fingerprint density at radius 2 is 2.03 bits per heavy atom. The largest absolute Gasteiger partial charge is 0.493 e. The van der Waals surface area contributed by atoms with Gasteiger partial charge in [0.05, 0.1) is 13.2 Å². The van der Waals surface area contributed by atoms with Crippen LogP contribution in [0.4, 0.5) is 5.69 Å². The number of carbonyl (C=O) groups excluding carboxylic acids is 2. The minimum atomic E-state index is -0.630. The van der Waals surface area contributed by atoms with Crippen molar-refractivity contribution in [3.8, 4) is 11.9 Å². The summed E-state index contributed by atoms with van der Waals surface area (Å²) >= 11 is 0. The number of ether oxygens (including phenoxy) is 1. The van der Waals surface area contributed by atoms with Crippen molar-refractivity contribution in [3.05, 3.63) is 23.8 Å². The van der Waals surface area contributed by atoms with E-state index in [1.54, 1.807) is 4.90 Å². The van der Waals surface area contributed by atoms with Crippen LogP contribution in [0.1, 0.15) is 37.7 Å². The second-order valence-corrected chi connectivity index (χ2v) is 8.12. The average molecular weight is 425 g/mol. The van der Waals surface area contributed by atoms with Crippen LogP contribution >= 0.6 is 0 Å². The van der Waals surface area contributed by atoms with E-state index in [0.29, 0.717) is 19.6 Å². The van der Waals surface area contributed by atoms with Crippen molar-refractivity contribution in [2.75, 3.05) is 38.1 Å². The van der Waals surface area contributed by atoms with Gasteiger partial charge in [0.2, 0.25) is 17.8 Å². The first kappa shape index (κ1) is 21.0. The summed E-state index contributed by atoms with van der Waals surface area (Å²) in [6, 6.07) is 5.08. The Labute approximate surface area is 182 Å². The predicted molar refractivity (Wildman–Crippen MR) is 115 cm³/mol. The molecule has 0 aliphatic carbocycles. The third kappa shape index (κ3) is 5.08. The SMILES string of the molecule is N#CNC(=NC1CCCCN(CC(=O)N2CCCC2)C1=O)Nc1ccc2c(c1)CCO2. The maximum Gasteiger partial charge on any atom is 0.247 e. The minimum absolute atomic E-state index is 0.00402. The van der Waals surface area contributed by atoms with Gasteiger partial charge in [0, 0.05) is 31.7 Å². The number of guanidine groups is 1. The van der Waals surface area contributed by atoms with E-state index >= 15 is 0 Å². The summed E-state index contributed by atoms with van der Waals surface area (Å²) in [6.45, 7) is 2.87. The number of anilines is 1. The summed E-state index contributed by atoms with van der Waals surface area (Å²) in [5, 5.41) is 14.8. The maximum absolute atomic E-state index is 13.1. The van der Waals surface area contributed by atoms with Crippen LogP contribution in [0, 0.1) is 11.5 Å². The quantitative estimate of drug-likeness (QED) is 0.328. The zero-order valence-electron chi connectivity index (χ0n) is 17.6. The summed E-state index contributed by atoms with van der Waals surface area (Å²) in [5.41, 5.74) is 1.87. The molecule has 1 atom stereocenters. The Morgan fingerprint density at radius 1 is 1.23 bits per heavy atom. The Hall–Kier alpha value is -3.28. The molecule has 4 rings (SSSR count). The van der Waals surface area contributed by atoms with E-state index in [0.717, 1.165) is 62.2 Å². The Morgan fingerprint density at radius 3 is 2.84 bits per heavy atom. The molecule has 3 aliphatic heterocycles. The van der Waals surface area contributed by atoms with Crippen LogP contribution in [0.25, 0.3) is 0 Å². The lowest BCUT2D eigenvalue weighted by Crippen LogP contribution is -2.45. The van der Waals surface area contributed by atoms with Crippen LogP contribution in [-0.2, 0) is 16.0 Å². The van der Waals surface area contributed by atoms with Gasteiger partial charge in [0.1, 0.15) is 11.8 Å². The molecule has 0 spiro atoms. The molecule has 0 aromatic heterocycles. The topological polar surface area (TPSA) is 110 Å². The number of nitrogens with zero attached hydrogens (tertiary/aromatic N) is 4. The molecule has 164 valence electrons. The fraction of sp³-hybridized carbons (Fsp3) is 0.545. The molecule has 0 saturated carbocycles. The van der Waals surface area contributed by atoms with Crippen molar-refractivity contribution in [2.45, 2.75) is 44.6 Å². The van der Waals surface area contributed by atoms with Gasteiger partial charge in [-0.2, -0.15) is 5.26 Å². The van der Waals surface area contributed by atoms with Crippen LogP contribution in [0.15, 0.2) is 23.2 Å². The monoisotopic (exact) mass is 424 g/mol. The highest BCUT2D eigenvalue weighted by Crippen LogP contribution is 2.28. The fourth-order valence-corrected chi connectivity index (χ4v) is 4.30.